The maximum atomic E-state index is 11.3. The summed E-state index contributed by atoms with van der Waals surface area (Å²) in [7, 11) is 0. The molecule has 0 unspecified atom stereocenters. The Balaban J connectivity index is 1.84. The van der Waals surface area contributed by atoms with E-state index in [9.17, 15) is 19.7 Å². The Hall–Kier alpha value is -2.77. The summed E-state index contributed by atoms with van der Waals surface area (Å²) in [5.41, 5.74) is 2.62. The maximum Gasteiger partial charge on any atom is 0.329 e. The van der Waals surface area contributed by atoms with Crippen LogP contribution in [0, 0.1) is 10.1 Å². The molecular weight excluding hydrogens is 264 g/mol. The van der Waals surface area contributed by atoms with Crippen LogP contribution in [-0.2, 0) is 9.59 Å². The number of hydrazone groups is 1. The first kappa shape index (κ1) is 13.7. The summed E-state index contributed by atoms with van der Waals surface area (Å²) in [6.07, 6.45) is 3.09. The van der Waals surface area contributed by atoms with Crippen molar-refractivity contribution in [3.05, 3.63) is 39.9 Å². The van der Waals surface area contributed by atoms with Crippen LogP contribution in [0.15, 0.2) is 29.4 Å². The molecule has 0 bridgehead atoms. The van der Waals surface area contributed by atoms with Crippen LogP contribution in [0.1, 0.15) is 18.4 Å². The highest BCUT2D eigenvalue weighted by atomic mass is 16.6. The summed E-state index contributed by atoms with van der Waals surface area (Å²) >= 11 is 0. The summed E-state index contributed by atoms with van der Waals surface area (Å²) in [4.78, 5) is 32.5. The van der Waals surface area contributed by atoms with E-state index in [1.54, 1.807) is 0 Å². The van der Waals surface area contributed by atoms with Gasteiger partial charge in [0.2, 0.25) is 0 Å². The lowest BCUT2D eigenvalue weighted by atomic mass is 10.2. The zero-order chi connectivity index (χ0) is 14.5. The lowest BCUT2D eigenvalue weighted by Crippen LogP contribution is -2.38. The molecule has 0 aromatic heterocycles. The molecular formula is C12H12N4O4. The van der Waals surface area contributed by atoms with E-state index >= 15 is 0 Å². The molecule has 8 heteroatoms. The van der Waals surface area contributed by atoms with Crippen molar-refractivity contribution in [2.24, 2.45) is 5.10 Å². The van der Waals surface area contributed by atoms with Gasteiger partial charge in [-0.15, -0.1) is 0 Å². The summed E-state index contributed by atoms with van der Waals surface area (Å²) in [5, 5.41) is 16.6. The molecule has 1 aliphatic rings. The minimum absolute atomic E-state index is 0.0324. The molecule has 2 amide bonds. The molecule has 0 saturated heterocycles. The molecule has 1 aromatic carbocycles. The predicted molar refractivity (Wildman–Crippen MR) is 70.0 cm³/mol. The van der Waals surface area contributed by atoms with Crippen molar-refractivity contribution in [3.8, 4) is 0 Å². The maximum absolute atomic E-state index is 11.3. The van der Waals surface area contributed by atoms with E-state index < -0.39 is 16.7 Å². The van der Waals surface area contributed by atoms with Crippen LogP contribution in [-0.4, -0.2) is 29.0 Å². The van der Waals surface area contributed by atoms with Crippen LogP contribution in [0.25, 0.3) is 0 Å². The van der Waals surface area contributed by atoms with Crippen LogP contribution in [0.4, 0.5) is 5.69 Å². The molecule has 0 heterocycles. The molecule has 8 nitrogen and oxygen atoms in total. The fourth-order valence-corrected chi connectivity index (χ4v) is 1.38. The Morgan fingerprint density at radius 1 is 1.25 bits per heavy atom. The molecule has 20 heavy (non-hydrogen) atoms. The zero-order valence-electron chi connectivity index (χ0n) is 10.4. The van der Waals surface area contributed by atoms with E-state index in [2.05, 4.69) is 15.8 Å². The second-order valence-corrected chi connectivity index (χ2v) is 4.30. The first-order chi connectivity index (χ1) is 9.56. The highest BCUT2D eigenvalue weighted by Gasteiger charge is 2.26. The average molecular weight is 276 g/mol. The van der Waals surface area contributed by atoms with Crippen molar-refractivity contribution < 1.29 is 14.5 Å². The fourth-order valence-electron chi connectivity index (χ4n) is 1.38. The van der Waals surface area contributed by atoms with E-state index in [0.29, 0.717) is 5.56 Å². The van der Waals surface area contributed by atoms with E-state index in [0.717, 1.165) is 12.8 Å². The number of amides is 2. The molecule has 1 saturated carbocycles. The van der Waals surface area contributed by atoms with Gasteiger partial charge in [0.1, 0.15) is 0 Å². The number of rotatable bonds is 4. The number of hydrogen-bond acceptors (Lipinski definition) is 5. The van der Waals surface area contributed by atoms with Gasteiger partial charge in [0.25, 0.3) is 5.69 Å². The minimum Gasteiger partial charge on any atom is -0.345 e. The Morgan fingerprint density at radius 3 is 2.45 bits per heavy atom. The molecule has 0 spiro atoms. The van der Waals surface area contributed by atoms with Gasteiger partial charge in [-0.2, -0.15) is 5.10 Å². The predicted octanol–water partition coefficient (Wildman–Crippen LogP) is 0.323. The SMILES string of the molecule is O=C(N/N=C\c1ccc([N+](=O)[O-])cc1)C(=O)NC1CC1. The average Bonchev–Trinajstić information content (AvgIpc) is 3.23. The summed E-state index contributed by atoms with van der Waals surface area (Å²) in [5.74, 6) is -1.55. The van der Waals surface area contributed by atoms with Gasteiger partial charge in [-0.05, 0) is 30.5 Å². The first-order valence-corrected chi connectivity index (χ1v) is 5.94. The molecule has 0 aliphatic heterocycles. The van der Waals surface area contributed by atoms with Gasteiger partial charge >= 0.3 is 11.8 Å². The molecule has 0 atom stereocenters. The number of benzene rings is 1. The molecule has 104 valence electrons. The topological polar surface area (TPSA) is 114 Å². The van der Waals surface area contributed by atoms with Crippen molar-refractivity contribution in [2.75, 3.05) is 0 Å². The molecule has 2 N–H and O–H groups in total. The van der Waals surface area contributed by atoms with E-state index in [4.69, 9.17) is 0 Å². The van der Waals surface area contributed by atoms with Gasteiger partial charge in [0.05, 0.1) is 11.1 Å². The summed E-state index contributed by atoms with van der Waals surface area (Å²) in [6.45, 7) is 0. The second kappa shape index (κ2) is 5.91. The number of non-ortho nitro benzene ring substituents is 1. The Bertz CT molecular complexity index is 563. The largest absolute Gasteiger partial charge is 0.345 e. The number of carbonyl (C=O) groups is 2. The van der Waals surface area contributed by atoms with E-state index in [1.807, 2.05) is 0 Å². The van der Waals surface area contributed by atoms with Gasteiger partial charge in [0, 0.05) is 18.2 Å². The number of nitro benzene ring substituents is 1. The van der Waals surface area contributed by atoms with Gasteiger partial charge < -0.3 is 5.32 Å². The minimum atomic E-state index is -0.838. The van der Waals surface area contributed by atoms with Crippen molar-refractivity contribution in [3.63, 3.8) is 0 Å². The lowest BCUT2D eigenvalue weighted by Gasteiger charge is -2.00. The molecule has 0 radical (unpaired) electrons. The van der Waals surface area contributed by atoms with Gasteiger partial charge in [-0.3, -0.25) is 19.7 Å². The van der Waals surface area contributed by atoms with Gasteiger partial charge in [-0.1, -0.05) is 0 Å². The van der Waals surface area contributed by atoms with Crippen LogP contribution in [0.3, 0.4) is 0 Å². The third-order valence-electron chi connectivity index (χ3n) is 2.60. The van der Waals surface area contributed by atoms with Crippen molar-refractivity contribution in [1.82, 2.24) is 10.7 Å². The molecule has 1 aromatic rings. The molecule has 1 fully saturated rings. The van der Waals surface area contributed by atoms with Gasteiger partial charge in [-0.25, -0.2) is 5.43 Å². The Kier molecular flexibility index (Phi) is 4.04. The number of hydrogen-bond donors (Lipinski definition) is 2. The number of carbonyl (C=O) groups excluding carboxylic acids is 2. The van der Waals surface area contributed by atoms with Crippen LogP contribution in [0.2, 0.25) is 0 Å². The second-order valence-electron chi connectivity index (χ2n) is 4.30. The fraction of sp³-hybridized carbons (Fsp3) is 0.250. The first-order valence-electron chi connectivity index (χ1n) is 5.94. The summed E-state index contributed by atoms with van der Waals surface area (Å²) < 4.78 is 0. The normalized spacial score (nSPS) is 14.0. The number of nitrogens with zero attached hydrogens (tertiary/aromatic N) is 2. The molecule has 1 aliphatic carbocycles. The third-order valence-corrected chi connectivity index (χ3v) is 2.60. The van der Waals surface area contributed by atoms with Crippen LogP contribution < -0.4 is 10.7 Å². The summed E-state index contributed by atoms with van der Waals surface area (Å²) in [6, 6.07) is 5.72. The number of nitro groups is 1. The van der Waals surface area contributed by atoms with Crippen molar-refractivity contribution >= 4 is 23.7 Å². The Labute approximate surface area is 114 Å². The monoisotopic (exact) mass is 276 g/mol. The quantitative estimate of drug-likeness (QED) is 0.357. The van der Waals surface area contributed by atoms with Gasteiger partial charge in [0.15, 0.2) is 0 Å². The van der Waals surface area contributed by atoms with E-state index in [-0.39, 0.29) is 11.7 Å². The number of nitrogens with one attached hydrogen (secondary N) is 2. The van der Waals surface area contributed by atoms with E-state index in [1.165, 1.54) is 30.5 Å². The standard InChI is InChI=1S/C12H12N4O4/c17-11(14-9-3-4-9)12(18)15-13-7-8-1-5-10(6-2-8)16(19)20/h1-2,5-7,9H,3-4H2,(H,14,17)(H,15,18)/b13-7-. The molecule has 2 rings (SSSR count). The zero-order valence-corrected chi connectivity index (χ0v) is 10.4. The smallest absolute Gasteiger partial charge is 0.329 e. The van der Waals surface area contributed by atoms with Crippen molar-refractivity contribution in [1.29, 1.82) is 0 Å². The Morgan fingerprint density at radius 2 is 1.90 bits per heavy atom. The van der Waals surface area contributed by atoms with Crippen LogP contribution in [0.5, 0.6) is 0 Å². The van der Waals surface area contributed by atoms with Crippen LogP contribution >= 0.6 is 0 Å². The third kappa shape index (κ3) is 3.87. The highest BCUT2D eigenvalue weighted by Crippen LogP contribution is 2.18. The lowest BCUT2D eigenvalue weighted by molar-refractivity contribution is -0.384. The highest BCUT2D eigenvalue weighted by molar-refractivity contribution is 6.35. The van der Waals surface area contributed by atoms with Crippen molar-refractivity contribution in [2.45, 2.75) is 18.9 Å².